The first-order valence-electron chi connectivity index (χ1n) is 5.61. The van der Waals surface area contributed by atoms with Gasteiger partial charge in [-0.2, -0.15) is 0 Å². The van der Waals surface area contributed by atoms with Crippen molar-refractivity contribution in [3.05, 3.63) is 0 Å². The highest BCUT2D eigenvalue weighted by Gasteiger charge is 2.39. The molecule has 0 aliphatic carbocycles. The maximum Gasteiger partial charge on any atom is 0.412 e. The first-order valence-corrected chi connectivity index (χ1v) is 5.61. The van der Waals surface area contributed by atoms with Crippen LogP contribution in [0.2, 0.25) is 0 Å². The van der Waals surface area contributed by atoms with E-state index in [2.05, 4.69) is 0 Å². The quantitative estimate of drug-likeness (QED) is 0.618. The van der Waals surface area contributed by atoms with E-state index in [1.54, 1.807) is 4.90 Å². The molecule has 15 heavy (non-hydrogen) atoms. The van der Waals surface area contributed by atoms with Gasteiger partial charge in [0.2, 0.25) is 0 Å². The van der Waals surface area contributed by atoms with Gasteiger partial charge >= 0.3 is 6.09 Å². The Hall–Kier alpha value is -0.770. The number of hydrogen-bond donors (Lipinski definition) is 0. The minimum Gasteiger partial charge on any atom is -0.444 e. The molecule has 0 spiro atoms. The van der Waals surface area contributed by atoms with Crippen molar-refractivity contribution in [2.75, 3.05) is 6.54 Å². The number of amides is 1. The maximum absolute atomic E-state index is 11.8. The van der Waals surface area contributed by atoms with Crippen LogP contribution in [0.4, 0.5) is 4.79 Å². The molecule has 86 valence electrons. The van der Waals surface area contributed by atoms with Crippen molar-refractivity contribution < 1.29 is 14.3 Å². The van der Waals surface area contributed by atoms with Gasteiger partial charge in [0.15, 0.2) is 0 Å². The van der Waals surface area contributed by atoms with Crippen molar-refractivity contribution >= 4 is 6.09 Å². The second-order valence-electron chi connectivity index (χ2n) is 5.25. The molecule has 2 aliphatic heterocycles. The Bertz CT molecular complexity index is 259. The van der Waals surface area contributed by atoms with Crippen LogP contribution in [0.1, 0.15) is 40.0 Å². The fourth-order valence-corrected chi connectivity index (χ4v) is 2.08. The van der Waals surface area contributed by atoms with Crippen LogP contribution in [0.15, 0.2) is 0 Å². The summed E-state index contributed by atoms with van der Waals surface area (Å²) < 4.78 is 11.0. The van der Waals surface area contributed by atoms with E-state index in [0.29, 0.717) is 6.10 Å². The first kappa shape index (κ1) is 10.7. The average molecular weight is 213 g/mol. The zero-order valence-electron chi connectivity index (χ0n) is 9.66. The number of carbonyl (C=O) groups excluding carboxylic acids is 1. The lowest BCUT2D eigenvalue weighted by Gasteiger charge is -2.34. The van der Waals surface area contributed by atoms with Crippen molar-refractivity contribution in [3.8, 4) is 0 Å². The van der Waals surface area contributed by atoms with E-state index in [0.717, 1.165) is 25.8 Å². The molecule has 0 aromatic heterocycles. The molecule has 0 saturated carbocycles. The fourth-order valence-electron chi connectivity index (χ4n) is 2.08. The van der Waals surface area contributed by atoms with Crippen molar-refractivity contribution in [2.45, 2.75) is 58.0 Å². The molecule has 2 saturated heterocycles. The van der Waals surface area contributed by atoms with E-state index >= 15 is 0 Å². The second kappa shape index (κ2) is 3.67. The lowest BCUT2D eigenvalue weighted by Crippen LogP contribution is -2.47. The molecule has 2 aliphatic rings. The molecule has 0 N–H and O–H groups in total. The summed E-state index contributed by atoms with van der Waals surface area (Å²) in [6, 6.07) is 0. The van der Waals surface area contributed by atoms with Gasteiger partial charge in [-0.1, -0.05) is 0 Å². The van der Waals surface area contributed by atoms with Crippen LogP contribution in [0.3, 0.4) is 0 Å². The highest BCUT2D eigenvalue weighted by molar-refractivity contribution is 5.68. The number of ether oxygens (including phenoxy) is 2. The molecule has 4 nitrogen and oxygen atoms in total. The Morgan fingerprint density at radius 3 is 2.73 bits per heavy atom. The van der Waals surface area contributed by atoms with Gasteiger partial charge in [0.1, 0.15) is 11.8 Å². The van der Waals surface area contributed by atoms with Gasteiger partial charge in [0.25, 0.3) is 0 Å². The molecular formula is C11H19NO3. The van der Waals surface area contributed by atoms with Crippen LogP contribution >= 0.6 is 0 Å². The highest BCUT2D eigenvalue weighted by Crippen LogP contribution is 2.30. The van der Waals surface area contributed by atoms with Crippen molar-refractivity contribution in [1.29, 1.82) is 0 Å². The summed E-state index contributed by atoms with van der Waals surface area (Å²) in [5.41, 5.74) is -0.424. The first-order chi connectivity index (χ1) is 6.96. The monoisotopic (exact) mass is 213 g/mol. The average Bonchev–Trinajstić information content (AvgIpc) is 2.45. The molecule has 0 radical (unpaired) electrons. The second-order valence-corrected chi connectivity index (χ2v) is 5.25. The Balaban J connectivity index is 1.95. The third-order valence-corrected chi connectivity index (χ3v) is 2.75. The SMILES string of the molecule is CC(C)(C)OC(=O)N1CC[C@@H]2CC[C@H]1O2. The number of rotatable bonds is 0. The van der Waals surface area contributed by atoms with E-state index in [-0.39, 0.29) is 12.3 Å². The van der Waals surface area contributed by atoms with Gasteiger partial charge in [-0.15, -0.1) is 0 Å². The van der Waals surface area contributed by atoms with E-state index in [1.165, 1.54) is 0 Å². The molecule has 2 atom stereocenters. The summed E-state index contributed by atoms with van der Waals surface area (Å²) >= 11 is 0. The van der Waals surface area contributed by atoms with Crippen LogP contribution < -0.4 is 0 Å². The molecule has 0 unspecified atom stereocenters. The van der Waals surface area contributed by atoms with Crippen LogP contribution in [-0.4, -0.2) is 35.5 Å². The lowest BCUT2D eigenvalue weighted by atomic mass is 10.2. The van der Waals surface area contributed by atoms with E-state index in [4.69, 9.17) is 9.47 Å². The number of nitrogens with zero attached hydrogens (tertiary/aromatic N) is 1. The van der Waals surface area contributed by atoms with Gasteiger partial charge in [-0.3, -0.25) is 4.90 Å². The molecule has 2 fully saturated rings. The smallest absolute Gasteiger partial charge is 0.412 e. The number of hydrogen-bond acceptors (Lipinski definition) is 3. The number of carbonyl (C=O) groups is 1. The standard InChI is InChI=1S/C11H19NO3/c1-11(2,3)15-10(13)12-7-6-8-4-5-9(12)14-8/h8-9H,4-7H2,1-3H3/t8-,9+/m0/s1. The molecule has 0 aromatic carbocycles. The van der Waals surface area contributed by atoms with Gasteiger partial charge in [0, 0.05) is 6.54 Å². The Morgan fingerprint density at radius 2 is 2.07 bits per heavy atom. The van der Waals surface area contributed by atoms with Gasteiger partial charge in [-0.05, 0) is 40.0 Å². The molecule has 2 heterocycles. The van der Waals surface area contributed by atoms with Crippen LogP contribution in [0.5, 0.6) is 0 Å². The molecule has 2 rings (SSSR count). The van der Waals surface area contributed by atoms with E-state index < -0.39 is 5.60 Å². The molecule has 1 amide bonds. The zero-order valence-corrected chi connectivity index (χ0v) is 9.66. The molecular weight excluding hydrogens is 194 g/mol. The van der Waals surface area contributed by atoms with Gasteiger partial charge < -0.3 is 9.47 Å². The third kappa shape index (κ3) is 2.43. The summed E-state index contributed by atoms with van der Waals surface area (Å²) in [4.78, 5) is 13.5. The molecule has 2 bridgehead atoms. The van der Waals surface area contributed by atoms with Crippen LogP contribution in [0.25, 0.3) is 0 Å². The summed E-state index contributed by atoms with van der Waals surface area (Å²) in [5.74, 6) is 0. The molecule has 0 aromatic rings. The zero-order chi connectivity index (χ0) is 11.1. The van der Waals surface area contributed by atoms with Crippen molar-refractivity contribution in [2.24, 2.45) is 0 Å². The normalized spacial score (nSPS) is 30.5. The number of fused-ring (bicyclic) bond motifs is 2. The van der Waals surface area contributed by atoms with Crippen molar-refractivity contribution in [1.82, 2.24) is 4.90 Å². The third-order valence-electron chi connectivity index (χ3n) is 2.75. The minimum absolute atomic E-state index is 0.0430. The fraction of sp³-hybridized carbons (Fsp3) is 0.909. The van der Waals surface area contributed by atoms with Gasteiger partial charge in [0.05, 0.1) is 6.10 Å². The van der Waals surface area contributed by atoms with Crippen LogP contribution in [-0.2, 0) is 9.47 Å². The predicted octanol–water partition coefficient (Wildman–Crippen LogP) is 2.13. The summed E-state index contributed by atoms with van der Waals surface area (Å²) in [7, 11) is 0. The summed E-state index contributed by atoms with van der Waals surface area (Å²) in [5, 5.41) is 0. The largest absolute Gasteiger partial charge is 0.444 e. The Kier molecular flexibility index (Phi) is 2.63. The van der Waals surface area contributed by atoms with Gasteiger partial charge in [-0.25, -0.2) is 4.79 Å². The summed E-state index contributed by atoms with van der Waals surface area (Å²) in [6.45, 7) is 6.41. The van der Waals surface area contributed by atoms with E-state index in [1.807, 2.05) is 20.8 Å². The Labute approximate surface area is 90.5 Å². The molecule has 4 heteroatoms. The highest BCUT2D eigenvalue weighted by atomic mass is 16.6. The Morgan fingerprint density at radius 1 is 1.33 bits per heavy atom. The van der Waals surface area contributed by atoms with Crippen molar-refractivity contribution in [3.63, 3.8) is 0 Å². The van der Waals surface area contributed by atoms with E-state index in [9.17, 15) is 4.79 Å². The van der Waals surface area contributed by atoms with Crippen LogP contribution in [0, 0.1) is 0 Å². The maximum atomic E-state index is 11.8. The number of likely N-dealkylation sites (tertiary alicyclic amines) is 1. The minimum atomic E-state index is -0.424. The topological polar surface area (TPSA) is 38.8 Å². The lowest BCUT2D eigenvalue weighted by molar-refractivity contribution is -0.0945. The summed E-state index contributed by atoms with van der Waals surface area (Å²) in [6.07, 6.45) is 3.05. The predicted molar refractivity (Wildman–Crippen MR) is 55.5 cm³/mol.